The van der Waals surface area contributed by atoms with Gasteiger partial charge in [-0.2, -0.15) is 15.1 Å². The predicted molar refractivity (Wildman–Crippen MR) is 103 cm³/mol. The van der Waals surface area contributed by atoms with Gasteiger partial charge in [0, 0.05) is 13.2 Å². The van der Waals surface area contributed by atoms with Crippen LogP contribution in [0.4, 0.5) is 11.8 Å². The van der Waals surface area contributed by atoms with Gasteiger partial charge >= 0.3 is 0 Å². The highest BCUT2D eigenvalue weighted by Gasteiger charge is 2.46. The third-order valence-corrected chi connectivity index (χ3v) is 4.71. The van der Waals surface area contributed by atoms with Gasteiger partial charge < -0.3 is 25.3 Å². The molecule has 4 atom stereocenters. The Bertz CT molecular complexity index is 1090. The number of ketones is 1. The Kier molecular flexibility index (Phi) is 4.74. The number of carbonyl (C=O) groups excluding carboxylic acids is 1. The molecule has 3 aromatic heterocycles. The number of rotatable bonds is 5. The van der Waals surface area contributed by atoms with Gasteiger partial charge in [0.05, 0.1) is 18.2 Å². The van der Waals surface area contributed by atoms with E-state index in [4.69, 9.17) is 10.5 Å². The molecular formula is C17H20N8O4. The summed E-state index contributed by atoms with van der Waals surface area (Å²) in [4.78, 5) is 24.2. The number of aliphatic hydroxyl groups is 2. The van der Waals surface area contributed by atoms with Crippen LogP contribution in [-0.2, 0) is 16.6 Å². The lowest BCUT2D eigenvalue weighted by atomic mass is 10.1. The number of hydrogen-bond acceptors (Lipinski definition) is 10. The molecule has 0 amide bonds. The van der Waals surface area contributed by atoms with Gasteiger partial charge in [-0.1, -0.05) is 0 Å². The third-order valence-electron chi connectivity index (χ3n) is 4.71. The summed E-state index contributed by atoms with van der Waals surface area (Å²) in [6.07, 6.45) is -0.0622. The van der Waals surface area contributed by atoms with Crippen LogP contribution >= 0.6 is 0 Å². The number of aromatic nitrogens is 5. The van der Waals surface area contributed by atoms with E-state index in [9.17, 15) is 15.0 Å². The second-order valence-electron chi connectivity index (χ2n) is 6.71. The molecule has 1 fully saturated rings. The van der Waals surface area contributed by atoms with E-state index >= 15 is 0 Å². The Labute approximate surface area is 164 Å². The molecular weight excluding hydrogens is 380 g/mol. The number of aryl methyl sites for hydroxylation is 1. The lowest BCUT2D eigenvalue weighted by Gasteiger charge is -2.16. The van der Waals surface area contributed by atoms with Crippen LogP contribution in [0, 0.1) is 0 Å². The topological polar surface area (TPSA) is 166 Å². The molecule has 5 N–H and O–H groups in total. The summed E-state index contributed by atoms with van der Waals surface area (Å²) in [7, 11) is 1.89. The van der Waals surface area contributed by atoms with E-state index in [-0.39, 0.29) is 17.4 Å². The normalized spacial score (nSPS) is 24.6. The molecule has 0 radical (unpaired) electrons. The Hall–Kier alpha value is -3.35. The van der Waals surface area contributed by atoms with Crippen LogP contribution in [0.5, 0.6) is 0 Å². The molecule has 1 saturated heterocycles. The number of Topliss-reactive ketones (excluding diaryl/α,β-unsaturated/α-hetero) is 1. The number of ether oxygens (including phenoxy) is 1. The summed E-state index contributed by atoms with van der Waals surface area (Å²) in [6.45, 7) is 1.28. The molecule has 1 aliphatic rings. The highest BCUT2D eigenvalue weighted by atomic mass is 16.6. The van der Waals surface area contributed by atoms with Crippen molar-refractivity contribution < 1.29 is 19.7 Å². The molecule has 12 nitrogen and oxygen atoms in total. The van der Waals surface area contributed by atoms with Gasteiger partial charge in [0.15, 0.2) is 23.5 Å². The molecule has 0 bridgehead atoms. The standard InChI is InChI=1S/C17H20N8O4/c1-8(26)13-11(27)12(28)16(29-13)25-7-19-10-14(18)21-17(22-15(10)25)23-20-6-9-4-3-5-24(9)2/h3-7,11-13,16,27-28H,1-2H3,(H3,18,21,22,23)/b20-6+/t11-,12+,13+,16+/m0/s1. The van der Waals surface area contributed by atoms with E-state index < -0.39 is 30.3 Å². The van der Waals surface area contributed by atoms with E-state index in [0.717, 1.165) is 5.69 Å². The van der Waals surface area contributed by atoms with Crippen LogP contribution in [0.3, 0.4) is 0 Å². The smallest absolute Gasteiger partial charge is 0.247 e. The number of anilines is 2. The number of hydrazone groups is 1. The quantitative estimate of drug-likeness (QED) is 0.323. The largest absolute Gasteiger partial charge is 0.387 e. The summed E-state index contributed by atoms with van der Waals surface area (Å²) in [5.74, 6) is -0.185. The van der Waals surface area contributed by atoms with Crippen molar-refractivity contribution in [2.24, 2.45) is 12.1 Å². The number of aliphatic hydroxyl groups excluding tert-OH is 2. The zero-order valence-corrected chi connectivity index (χ0v) is 15.7. The number of nitrogens with two attached hydrogens (primary N) is 1. The highest BCUT2D eigenvalue weighted by Crippen LogP contribution is 2.32. The summed E-state index contributed by atoms with van der Waals surface area (Å²) in [6, 6.07) is 3.77. The van der Waals surface area contributed by atoms with Crippen molar-refractivity contribution in [3.8, 4) is 0 Å². The predicted octanol–water partition coefficient (Wildman–Crippen LogP) is -0.599. The van der Waals surface area contributed by atoms with Gasteiger partial charge in [0.25, 0.3) is 0 Å². The second kappa shape index (κ2) is 7.24. The lowest BCUT2D eigenvalue weighted by molar-refractivity contribution is -0.133. The minimum atomic E-state index is -1.36. The zero-order chi connectivity index (χ0) is 20.7. The van der Waals surface area contributed by atoms with Crippen molar-refractivity contribution in [3.63, 3.8) is 0 Å². The van der Waals surface area contributed by atoms with Crippen molar-refractivity contribution in [2.75, 3.05) is 11.2 Å². The van der Waals surface area contributed by atoms with Crippen molar-refractivity contribution in [2.45, 2.75) is 31.5 Å². The monoisotopic (exact) mass is 400 g/mol. The molecule has 0 aromatic carbocycles. The van der Waals surface area contributed by atoms with Crippen molar-refractivity contribution in [1.29, 1.82) is 0 Å². The molecule has 0 aliphatic carbocycles. The number of nitrogens with one attached hydrogen (secondary N) is 1. The summed E-state index contributed by atoms with van der Waals surface area (Å²) in [5.41, 5.74) is 10.1. The Balaban J connectivity index is 1.64. The molecule has 4 rings (SSSR count). The maximum absolute atomic E-state index is 11.6. The number of nitrogen functional groups attached to an aromatic ring is 1. The molecule has 0 unspecified atom stereocenters. The van der Waals surface area contributed by atoms with E-state index in [1.807, 2.05) is 29.9 Å². The number of imidazole rings is 1. The number of carbonyl (C=O) groups is 1. The van der Waals surface area contributed by atoms with Crippen molar-refractivity contribution in [3.05, 3.63) is 30.4 Å². The number of hydrogen-bond donors (Lipinski definition) is 4. The van der Waals surface area contributed by atoms with Gasteiger partial charge in [0.2, 0.25) is 5.95 Å². The van der Waals surface area contributed by atoms with Gasteiger partial charge in [-0.3, -0.25) is 9.36 Å². The first-order chi connectivity index (χ1) is 13.9. The van der Waals surface area contributed by atoms with Crippen LogP contribution in [0.25, 0.3) is 11.2 Å². The molecule has 12 heteroatoms. The fourth-order valence-electron chi connectivity index (χ4n) is 3.16. The van der Waals surface area contributed by atoms with Crippen LogP contribution < -0.4 is 11.2 Å². The van der Waals surface area contributed by atoms with Crippen molar-refractivity contribution >= 4 is 34.9 Å². The molecule has 0 saturated carbocycles. The molecule has 152 valence electrons. The van der Waals surface area contributed by atoms with Gasteiger partial charge in [0.1, 0.15) is 23.8 Å². The number of fused-ring (bicyclic) bond motifs is 1. The third kappa shape index (κ3) is 3.33. The van der Waals surface area contributed by atoms with Crippen LogP contribution in [-0.4, -0.2) is 64.6 Å². The van der Waals surface area contributed by atoms with E-state index in [0.29, 0.717) is 5.52 Å². The fourth-order valence-corrected chi connectivity index (χ4v) is 3.16. The Morgan fingerprint density at radius 1 is 1.38 bits per heavy atom. The fraction of sp³-hybridized carbons (Fsp3) is 0.353. The maximum atomic E-state index is 11.6. The molecule has 3 aromatic rings. The molecule has 0 spiro atoms. The van der Waals surface area contributed by atoms with Gasteiger partial charge in [-0.05, 0) is 19.1 Å². The zero-order valence-electron chi connectivity index (χ0n) is 15.7. The van der Waals surface area contributed by atoms with Crippen molar-refractivity contribution in [1.82, 2.24) is 24.1 Å². The first kappa shape index (κ1) is 19.0. The molecule has 29 heavy (non-hydrogen) atoms. The van der Waals surface area contributed by atoms with E-state index in [1.54, 1.807) is 6.21 Å². The first-order valence-electron chi connectivity index (χ1n) is 8.79. The van der Waals surface area contributed by atoms with Gasteiger partial charge in [-0.15, -0.1) is 0 Å². The van der Waals surface area contributed by atoms with Crippen LogP contribution in [0.1, 0.15) is 18.8 Å². The first-order valence-corrected chi connectivity index (χ1v) is 8.79. The SMILES string of the molecule is CC(=O)[C@H]1O[C@@H](n2cnc3c(N)nc(N/N=C/c4cccn4C)nc32)[C@H](O)[C@@H]1O. The average Bonchev–Trinajstić information content (AvgIpc) is 3.35. The minimum Gasteiger partial charge on any atom is -0.387 e. The summed E-state index contributed by atoms with van der Waals surface area (Å²) >= 11 is 0. The second-order valence-corrected chi connectivity index (χ2v) is 6.71. The van der Waals surface area contributed by atoms with Crippen LogP contribution in [0.2, 0.25) is 0 Å². The minimum absolute atomic E-state index is 0.0986. The maximum Gasteiger partial charge on any atom is 0.247 e. The molecule has 1 aliphatic heterocycles. The summed E-state index contributed by atoms with van der Waals surface area (Å²) < 4.78 is 8.82. The van der Waals surface area contributed by atoms with E-state index in [2.05, 4.69) is 25.5 Å². The van der Waals surface area contributed by atoms with Gasteiger partial charge in [-0.25, -0.2) is 10.4 Å². The summed E-state index contributed by atoms with van der Waals surface area (Å²) in [5, 5.41) is 24.5. The van der Waals surface area contributed by atoms with Crippen LogP contribution in [0.15, 0.2) is 29.8 Å². The Morgan fingerprint density at radius 3 is 2.83 bits per heavy atom. The lowest BCUT2D eigenvalue weighted by Crippen LogP contribution is -2.34. The average molecular weight is 400 g/mol. The molecule has 4 heterocycles. The van der Waals surface area contributed by atoms with E-state index in [1.165, 1.54) is 17.8 Å². The number of nitrogens with zero attached hydrogens (tertiary/aromatic N) is 6. The Morgan fingerprint density at radius 2 is 2.17 bits per heavy atom. The highest BCUT2D eigenvalue weighted by molar-refractivity contribution is 5.84.